The molecule has 4 heteroatoms. The highest BCUT2D eigenvalue weighted by Gasteiger charge is 2.03. The summed E-state index contributed by atoms with van der Waals surface area (Å²) in [6.07, 6.45) is 1.62. The van der Waals surface area contributed by atoms with Crippen LogP contribution in [0, 0.1) is 0 Å². The van der Waals surface area contributed by atoms with Crippen LogP contribution in [-0.2, 0) is 0 Å². The molecule has 0 aliphatic carbocycles. The summed E-state index contributed by atoms with van der Waals surface area (Å²) >= 11 is 0. The van der Waals surface area contributed by atoms with Gasteiger partial charge in [0.15, 0.2) is 0 Å². The molecule has 0 heterocycles. The van der Waals surface area contributed by atoms with Gasteiger partial charge in [-0.3, -0.25) is 4.79 Å². The second-order valence-electron chi connectivity index (χ2n) is 5.42. The number of rotatable bonds is 5. The number of ether oxygens (including phenoxy) is 1. The Hall–Kier alpha value is -3.40. The van der Waals surface area contributed by atoms with Crippen LogP contribution in [0.5, 0.6) is 5.75 Å². The molecule has 3 aromatic rings. The van der Waals surface area contributed by atoms with Crippen LogP contribution in [-0.4, -0.2) is 19.2 Å². The van der Waals surface area contributed by atoms with Gasteiger partial charge in [0, 0.05) is 5.56 Å². The van der Waals surface area contributed by atoms with Gasteiger partial charge in [0.1, 0.15) is 5.75 Å². The smallest absolute Gasteiger partial charge is 0.271 e. The number of hydrogen-bond donors (Lipinski definition) is 1. The largest absolute Gasteiger partial charge is 0.497 e. The Bertz CT molecular complexity index is 855. The molecule has 1 amide bonds. The van der Waals surface area contributed by atoms with Crippen molar-refractivity contribution < 1.29 is 9.53 Å². The van der Waals surface area contributed by atoms with E-state index in [1.807, 2.05) is 42.5 Å². The van der Waals surface area contributed by atoms with Gasteiger partial charge in [0.05, 0.1) is 13.3 Å². The molecular formula is C21H18N2O2. The summed E-state index contributed by atoms with van der Waals surface area (Å²) in [5.74, 6) is 0.443. The molecule has 0 atom stereocenters. The summed E-state index contributed by atoms with van der Waals surface area (Å²) in [7, 11) is 1.59. The van der Waals surface area contributed by atoms with Gasteiger partial charge in [-0.05, 0) is 41.0 Å². The Morgan fingerprint density at radius 2 is 1.52 bits per heavy atom. The molecule has 0 spiro atoms. The maximum absolute atomic E-state index is 12.0. The number of hydrazone groups is 1. The van der Waals surface area contributed by atoms with Crippen LogP contribution in [0.4, 0.5) is 0 Å². The number of hydrogen-bond acceptors (Lipinski definition) is 3. The quantitative estimate of drug-likeness (QED) is 0.565. The number of methoxy groups -OCH3 is 1. The normalized spacial score (nSPS) is 10.6. The molecule has 0 saturated carbocycles. The Balaban J connectivity index is 1.61. The van der Waals surface area contributed by atoms with E-state index >= 15 is 0 Å². The van der Waals surface area contributed by atoms with Crippen molar-refractivity contribution >= 4 is 12.1 Å². The lowest BCUT2D eigenvalue weighted by Crippen LogP contribution is -2.17. The van der Waals surface area contributed by atoms with Gasteiger partial charge < -0.3 is 4.74 Å². The van der Waals surface area contributed by atoms with E-state index in [4.69, 9.17) is 4.74 Å². The number of carbonyl (C=O) groups excluding carboxylic acids is 1. The monoisotopic (exact) mass is 330 g/mol. The molecule has 124 valence electrons. The van der Waals surface area contributed by atoms with E-state index in [1.165, 1.54) is 5.56 Å². The van der Waals surface area contributed by atoms with Gasteiger partial charge >= 0.3 is 0 Å². The first-order chi connectivity index (χ1) is 12.3. The Morgan fingerprint density at radius 1 is 0.880 bits per heavy atom. The number of nitrogens with zero attached hydrogens (tertiary/aromatic N) is 1. The average molecular weight is 330 g/mol. The Morgan fingerprint density at radius 3 is 2.16 bits per heavy atom. The number of carbonyl (C=O) groups is 1. The SMILES string of the molecule is COc1ccc(C(=O)N/N=C/c2ccc(-c3ccccc3)cc2)cc1. The minimum absolute atomic E-state index is 0.264. The van der Waals surface area contributed by atoms with Crippen LogP contribution in [0.25, 0.3) is 11.1 Å². The fraction of sp³-hybridized carbons (Fsp3) is 0.0476. The molecule has 3 aromatic carbocycles. The van der Waals surface area contributed by atoms with E-state index in [2.05, 4.69) is 22.7 Å². The number of benzene rings is 3. The van der Waals surface area contributed by atoms with Gasteiger partial charge in [-0.1, -0.05) is 54.6 Å². The Labute approximate surface area is 146 Å². The van der Waals surface area contributed by atoms with E-state index in [9.17, 15) is 4.79 Å². The average Bonchev–Trinajstić information content (AvgIpc) is 2.69. The third kappa shape index (κ3) is 4.32. The van der Waals surface area contributed by atoms with E-state index in [-0.39, 0.29) is 5.91 Å². The van der Waals surface area contributed by atoms with E-state index in [1.54, 1.807) is 37.6 Å². The fourth-order valence-electron chi connectivity index (χ4n) is 2.36. The van der Waals surface area contributed by atoms with Crippen molar-refractivity contribution in [3.8, 4) is 16.9 Å². The van der Waals surface area contributed by atoms with Crippen LogP contribution >= 0.6 is 0 Å². The maximum Gasteiger partial charge on any atom is 0.271 e. The highest BCUT2D eigenvalue weighted by atomic mass is 16.5. The first-order valence-corrected chi connectivity index (χ1v) is 7.89. The van der Waals surface area contributed by atoms with E-state index < -0.39 is 0 Å². The summed E-state index contributed by atoms with van der Waals surface area (Å²) in [5.41, 5.74) is 6.26. The lowest BCUT2D eigenvalue weighted by atomic mass is 10.0. The van der Waals surface area contributed by atoms with Gasteiger partial charge in [-0.25, -0.2) is 5.43 Å². The van der Waals surface area contributed by atoms with Crippen LogP contribution < -0.4 is 10.2 Å². The maximum atomic E-state index is 12.0. The predicted molar refractivity (Wildman–Crippen MR) is 99.9 cm³/mol. The molecule has 0 unspecified atom stereocenters. The van der Waals surface area contributed by atoms with Crippen molar-refractivity contribution in [3.05, 3.63) is 90.0 Å². The van der Waals surface area contributed by atoms with Crippen molar-refractivity contribution in [1.29, 1.82) is 0 Å². The summed E-state index contributed by atoms with van der Waals surface area (Å²) in [6.45, 7) is 0. The Kier molecular flexibility index (Phi) is 5.22. The number of amides is 1. The second kappa shape index (κ2) is 7.93. The lowest BCUT2D eigenvalue weighted by molar-refractivity contribution is 0.0955. The third-order valence-electron chi connectivity index (χ3n) is 3.75. The zero-order valence-electron chi connectivity index (χ0n) is 13.8. The summed E-state index contributed by atoms with van der Waals surface area (Å²) < 4.78 is 5.07. The van der Waals surface area contributed by atoms with Crippen molar-refractivity contribution in [2.75, 3.05) is 7.11 Å². The first-order valence-electron chi connectivity index (χ1n) is 7.89. The standard InChI is InChI=1S/C21H18N2O2/c1-25-20-13-11-19(12-14-20)21(24)23-22-15-16-7-9-18(10-8-16)17-5-3-2-4-6-17/h2-15H,1H3,(H,23,24)/b22-15+. The molecule has 3 rings (SSSR count). The highest BCUT2D eigenvalue weighted by Crippen LogP contribution is 2.18. The van der Waals surface area contributed by atoms with Gasteiger partial charge in [0.2, 0.25) is 0 Å². The van der Waals surface area contributed by atoms with Crippen LogP contribution in [0.3, 0.4) is 0 Å². The van der Waals surface area contributed by atoms with E-state index in [0.717, 1.165) is 11.1 Å². The molecule has 0 saturated heterocycles. The zero-order valence-corrected chi connectivity index (χ0v) is 13.8. The van der Waals surface area contributed by atoms with Gasteiger partial charge in [-0.15, -0.1) is 0 Å². The summed E-state index contributed by atoms with van der Waals surface area (Å²) in [5, 5.41) is 4.01. The van der Waals surface area contributed by atoms with Gasteiger partial charge in [-0.2, -0.15) is 5.10 Å². The van der Waals surface area contributed by atoms with Crippen molar-refractivity contribution in [3.63, 3.8) is 0 Å². The second-order valence-corrected chi connectivity index (χ2v) is 5.42. The van der Waals surface area contributed by atoms with Crippen molar-refractivity contribution in [2.45, 2.75) is 0 Å². The lowest BCUT2D eigenvalue weighted by Gasteiger charge is -2.03. The molecule has 0 aromatic heterocycles. The third-order valence-corrected chi connectivity index (χ3v) is 3.75. The molecule has 0 radical (unpaired) electrons. The number of nitrogens with one attached hydrogen (secondary N) is 1. The van der Waals surface area contributed by atoms with E-state index in [0.29, 0.717) is 11.3 Å². The van der Waals surface area contributed by atoms with Crippen molar-refractivity contribution in [1.82, 2.24) is 5.43 Å². The predicted octanol–water partition coefficient (Wildman–Crippen LogP) is 4.13. The van der Waals surface area contributed by atoms with Crippen LogP contribution in [0.15, 0.2) is 84.0 Å². The minimum Gasteiger partial charge on any atom is -0.497 e. The zero-order chi connectivity index (χ0) is 17.5. The molecule has 4 nitrogen and oxygen atoms in total. The van der Waals surface area contributed by atoms with Gasteiger partial charge in [0.25, 0.3) is 5.91 Å². The molecule has 0 aliphatic heterocycles. The summed E-state index contributed by atoms with van der Waals surface area (Å²) in [4.78, 5) is 12.0. The minimum atomic E-state index is -0.264. The van der Waals surface area contributed by atoms with Crippen LogP contribution in [0.2, 0.25) is 0 Å². The molecule has 25 heavy (non-hydrogen) atoms. The topological polar surface area (TPSA) is 50.7 Å². The molecule has 0 bridgehead atoms. The van der Waals surface area contributed by atoms with Crippen LogP contribution in [0.1, 0.15) is 15.9 Å². The first kappa shape index (κ1) is 16.5. The summed E-state index contributed by atoms with van der Waals surface area (Å²) in [6, 6.07) is 25.0. The highest BCUT2D eigenvalue weighted by molar-refractivity contribution is 5.95. The van der Waals surface area contributed by atoms with Crippen molar-refractivity contribution in [2.24, 2.45) is 5.10 Å². The fourth-order valence-corrected chi connectivity index (χ4v) is 2.36. The molecule has 0 aliphatic rings. The molecule has 0 fully saturated rings. The molecule has 1 N–H and O–H groups in total. The molecular weight excluding hydrogens is 312 g/mol.